The molecular formula is C22H23N3O3S. The molecule has 1 atom stereocenters. The number of amides is 1. The average Bonchev–Trinajstić information content (AvgIpc) is 3.46. The molecule has 0 radical (unpaired) electrons. The maximum Gasteiger partial charge on any atom is 0.268 e. The molecule has 1 aliphatic carbocycles. The molecule has 0 bridgehead atoms. The molecule has 0 N–H and O–H groups in total. The summed E-state index contributed by atoms with van der Waals surface area (Å²) in [4.78, 5) is 21.5. The largest absolute Gasteiger partial charge is 0.494 e. The molecule has 2 aliphatic rings. The summed E-state index contributed by atoms with van der Waals surface area (Å²) in [5.41, 5.74) is 2.30. The Morgan fingerprint density at radius 2 is 2.07 bits per heavy atom. The van der Waals surface area contributed by atoms with Gasteiger partial charge in [0.05, 0.1) is 11.5 Å². The van der Waals surface area contributed by atoms with Crippen molar-refractivity contribution in [1.82, 2.24) is 10.1 Å². The summed E-state index contributed by atoms with van der Waals surface area (Å²) < 4.78 is 11.0. The molecule has 1 saturated heterocycles. The van der Waals surface area contributed by atoms with Crippen molar-refractivity contribution in [1.29, 1.82) is 0 Å². The zero-order valence-corrected chi connectivity index (χ0v) is 17.2. The van der Waals surface area contributed by atoms with Crippen molar-refractivity contribution in [3.63, 3.8) is 0 Å². The van der Waals surface area contributed by atoms with Crippen molar-refractivity contribution >= 4 is 22.9 Å². The van der Waals surface area contributed by atoms with Gasteiger partial charge in [-0.25, -0.2) is 0 Å². The molecular weight excluding hydrogens is 386 g/mol. The number of rotatable bonds is 5. The Balaban J connectivity index is 1.32. The molecule has 1 unspecified atom stereocenters. The number of aromatic nitrogens is 2. The van der Waals surface area contributed by atoms with Gasteiger partial charge in [-0.1, -0.05) is 5.16 Å². The molecule has 0 saturated carbocycles. The number of nitrogens with zero attached hydrogens (tertiary/aromatic N) is 3. The van der Waals surface area contributed by atoms with Crippen LogP contribution in [0.4, 0.5) is 5.69 Å². The van der Waals surface area contributed by atoms with Gasteiger partial charge in [0.25, 0.3) is 5.89 Å². The Hall–Kier alpha value is -2.67. The summed E-state index contributed by atoms with van der Waals surface area (Å²) in [6.07, 6.45) is 5.20. The third kappa shape index (κ3) is 3.55. The monoisotopic (exact) mass is 409 g/mol. The number of aryl methyl sites for hydroxylation is 2. The predicted molar refractivity (Wildman–Crippen MR) is 112 cm³/mol. The van der Waals surface area contributed by atoms with E-state index in [0.29, 0.717) is 31.3 Å². The minimum absolute atomic E-state index is 0.0545. The van der Waals surface area contributed by atoms with Gasteiger partial charge >= 0.3 is 0 Å². The molecule has 1 fully saturated rings. The van der Waals surface area contributed by atoms with Crippen molar-refractivity contribution in [3.05, 3.63) is 46.6 Å². The van der Waals surface area contributed by atoms with E-state index in [2.05, 4.69) is 16.2 Å². The van der Waals surface area contributed by atoms with Crippen LogP contribution in [0, 0.1) is 0 Å². The first-order chi connectivity index (χ1) is 14.2. The second kappa shape index (κ2) is 7.63. The summed E-state index contributed by atoms with van der Waals surface area (Å²) in [6.45, 7) is 3.14. The van der Waals surface area contributed by atoms with Gasteiger partial charge in [-0.05, 0) is 68.5 Å². The molecule has 3 aromatic rings. The van der Waals surface area contributed by atoms with E-state index < -0.39 is 0 Å². The van der Waals surface area contributed by atoms with E-state index in [0.717, 1.165) is 29.2 Å². The van der Waals surface area contributed by atoms with E-state index in [-0.39, 0.29) is 11.8 Å². The molecule has 0 spiro atoms. The first-order valence-electron chi connectivity index (χ1n) is 10.2. The quantitative estimate of drug-likeness (QED) is 0.616. The third-order valence-corrected chi connectivity index (χ3v) is 6.82. The van der Waals surface area contributed by atoms with Crippen LogP contribution in [0.2, 0.25) is 0 Å². The van der Waals surface area contributed by atoms with E-state index in [1.165, 1.54) is 23.3 Å². The fourth-order valence-corrected chi connectivity index (χ4v) is 5.29. The van der Waals surface area contributed by atoms with Gasteiger partial charge in [0.2, 0.25) is 5.91 Å². The molecule has 2 aromatic heterocycles. The number of ether oxygens (including phenoxy) is 1. The standard InChI is InChI=1S/C22H23N3O3S/c1-2-27-17-9-7-16(8-10-17)25-13-15(12-20(25)26)21-23-22(28-24-21)19-11-14-5-3-4-6-18(14)29-19/h7-11,15H,2-6,12-13H2,1H3. The van der Waals surface area contributed by atoms with Gasteiger partial charge in [0.1, 0.15) is 5.75 Å². The number of carbonyl (C=O) groups excluding carboxylic acids is 1. The lowest BCUT2D eigenvalue weighted by atomic mass is 9.99. The Kier molecular flexibility index (Phi) is 4.83. The minimum atomic E-state index is -0.0545. The van der Waals surface area contributed by atoms with Gasteiger partial charge < -0.3 is 14.2 Å². The second-order valence-corrected chi connectivity index (χ2v) is 8.69. The van der Waals surface area contributed by atoms with E-state index in [4.69, 9.17) is 9.26 Å². The normalized spacial score (nSPS) is 18.9. The van der Waals surface area contributed by atoms with Gasteiger partial charge in [0, 0.05) is 29.4 Å². The summed E-state index contributed by atoms with van der Waals surface area (Å²) in [5, 5.41) is 4.20. The van der Waals surface area contributed by atoms with Crippen molar-refractivity contribution in [3.8, 4) is 16.5 Å². The molecule has 29 heavy (non-hydrogen) atoms. The number of anilines is 1. The van der Waals surface area contributed by atoms with Crippen LogP contribution in [0.25, 0.3) is 10.8 Å². The minimum Gasteiger partial charge on any atom is -0.494 e. The van der Waals surface area contributed by atoms with Crippen LogP contribution in [-0.2, 0) is 17.6 Å². The lowest BCUT2D eigenvalue weighted by Gasteiger charge is -2.16. The highest BCUT2D eigenvalue weighted by Gasteiger charge is 2.35. The molecule has 1 amide bonds. The van der Waals surface area contributed by atoms with E-state index in [1.54, 1.807) is 16.2 Å². The summed E-state index contributed by atoms with van der Waals surface area (Å²) in [7, 11) is 0. The van der Waals surface area contributed by atoms with Crippen LogP contribution >= 0.6 is 11.3 Å². The Morgan fingerprint density at radius 3 is 2.86 bits per heavy atom. The van der Waals surface area contributed by atoms with Gasteiger partial charge in [-0.15, -0.1) is 11.3 Å². The van der Waals surface area contributed by atoms with Gasteiger partial charge in [0.15, 0.2) is 5.82 Å². The number of hydrogen-bond donors (Lipinski definition) is 0. The highest BCUT2D eigenvalue weighted by atomic mass is 32.1. The molecule has 3 heterocycles. The van der Waals surface area contributed by atoms with E-state index in [9.17, 15) is 4.79 Å². The van der Waals surface area contributed by atoms with Crippen LogP contribution in [-0.4, -0.2) is 29.2 Å². The lowest BCUT2D eigenvalue weighted by Crippen LogP contribution is -2.24. The second-order valence-electron chi connectivity index (χ2n) is 7.56. The first kappa shape index (κ1) is 18.4. The summed E-state index contributed by atoms with van der Waals surface area (Å²) in [6, 6.07) is 9.82. The van der Waals surface area contributed by atoms with Crippen LogP contribution in [0.5, 0.6) is 5.75 Å². The molecule has 7 heteroatoms. The van der Waals surface area contributed by atoms with Crippen molar-refractivity contribution < 1.29 is 14.1 Å². The highest BCUT2D eigenvalue weighted by molar-refractivity contribution is 7.15. The maximum atomic E-state index is 12.6. The molecule has 150 valence electrons. The number of benzene rings is 1. The zero-order valence-electron chi connectivity index (χ0n) is 16.4. The number of thiophene rings is 1. The molecule has 1 aromatic carbocycles. The fraction of sp³-hybridized carbons (Fsp3) is 0.409. The van der Waals surface area contributed by atoms with Gasteiger partial charge in [-0.3, -0.25) is 4.79 Å². The Morgan fingerprint density at radius 1 is 1.24 bits per heavy atom. The fourth-order valence-electron chi connectivity index (χ4n) is 4.12. The molecule has 1 aliphatic heterocycles. The van der Waals surface area contributed by atoms with Crippen molar-refractivity contribution in [2.75, 3.05) is 18.1 Å². The van der Waals surface area contributed by atoms with Crippen molar-refractivity contribution in [2.45, 2.75) is 44.9 Å². The molecule has 5 rings (SSSR count). The zero-order chi connectivity index (χ0) is 19.8. The third-order valence-electron chi connectivity index (χ3n) is 5.60. The van der Waals surface area contributed by atoms with Crippen LogP contribution in [0.15, 0.2) is 34.9 Å². The highest BCUT2D eigenvalue weighted by Crippen LogP contribution is 2.37. The SMILES string of the molecule is CCOc1ccc(N2CC(c3noc(-c4cc5c(s4)CCCC5)n3)CC2=O)cc1. The number of fused-ring (bicyclic) bond motifs is 1. The van der Waals surface area contributed by atoms with E-state index in [1.807, 2.05) is 31.2 Å². The van der Waals surface area contributed by atoms with Crippen molar-refractivity contribution in [2.24, 2.45) is 0 Å². The van der Waals surface area contributed by atoms with Crippen LogP contribution in [0.3, 0.4) is 0 Å². The Bertz CT molecular complexity index is 1000. The molecule has 6 nitrogen and oxygen atoms in total. The smallest absolute Gasteiger partial charge is 0.268 e. The summed E-state index contributed by atoms with van der Waals surface area (Å²) >= 11 is 1.76. The Labute approximate surface area is 173 Å². The van der Waals surface area contributed by atoms with Crippen LogP contribution < -0.4 is 9.64 Å². The lowest BCUT2D eigenvalue weighted by molar-refractivity contribution is -0.117. The first-order valence-corrected chi connectivity index (χ1v) is 11.0. The number of carbonyl (C=O) groups is 1. The number of hydrogen-bond acceptors (Lipinski definition) is 6. The maximum absolute atomic E-state index is 12.6. The average molecular weight is 410 g/mol. The summed E-state index contributed by atoms with van der Waals surface area (Å²) in [5.74, 6) is 2.03. The topological polar surface area (TPSA) is 68.5 Å². The predicted octanol–water partition coefficient (Wildman–Crippen LogP) is 4.60. The van der Waals surface area contributed by atoms with Gasteiger partial charge in [-0.2, -0.15) is 4.98 Å². The van der Waals surface area contributed by atoms with Crippen LogP contribution in [0.1, 0.15) is 48.4 Å². The van der Waals surface area contributed by atoms with E-state index >= 15 is 0 Å².